The minimum Gasteiger partial charge on any atom is -0.478 e. The van der Waals surface area contributed by atoms with Crippen molar-refractivity contribution in [2.75, 3.05) is 44.2 Å². The molecule has 1 aromatic heterocycles. The number of carbonyl (C=O) groups excluding carboxylic acids is 1. The van der Waals surface area contributed by atoms with Gasteiger partial charge in [0.05, 0.1) is 5.56 Å². The fraction of sp³-hybridized carbons (Fsp3) is 0.684. The Balaban J connectivity index is 1.46. The average Bonchev–Trinajstić information content (AvgIpc) is 2.67. The van der Waals surface area contributed by atoms with E-state index >= 15 is 0 Å². The first-order valence-electron chi connectivity index (χ1n) is 9.75. The van der Waals surface area contributed by atoms with Gasteiger partial charge in [-0.2, -0.15) is 0 Å². The quantitative estimate of drug-likeness (QED) is 0.831. The number of amides is 1. The van der Waals surface area contributed by atoms with Crippen LogP contribution < -0.4 is 4.90 Å². The van der Waals surface area contributed by atoms with Gasteiger partial charge in [0.25, 0.3) is 0 Å². The van der Waals surface area contributed by atoms with Crippen molar-refractivity contribution in [2.24, 2.45) is 0 Å². The number of rotatable bonds is 3. The Morgan fingerprint density at radius 3 is 2.11 bits per heavy atom. The number of likely N-dealkylation sites (tertiary alicyclic amines) is 1. The summed E-state index contributed by atoms with van der Waals surface area (Å²) in [6.45, 7) is 10.5. The highest BCUT2D eigenvalue weighted by Crippen LogP contribution is 2.21. The molecule has 0 spiro atoms. The Labute approximate surface area is 165 Å². The molecule has 3 rings (SSSR count). The molecular weight excluding hydrogens is 362 g/mol. The molecule has 154 valence electrons. The van der Waals surface area contributed by atoms with E-state index in [1.165, 1.54) is 12.4 Å². The molecule has 2 fully saturated rings. The highest BCUT2D eigenvalue weighted by molar-refractivity contribution is 5.86. The summed E-state index contributed by atoms with van der Waals surface area (Å²) in [4.78, 5) is 37.8. The molecule has 0 saturated carbocycles. The summed E-state index contributed by atoms with van der Waals surface area (Å²) in [5, 5.41) is 8.94. The van der Waals surface area contributed by atoms with Gasteiger partial charge < -0.3 is 19.6 Å². The number of piperidine rings is 1. The van der Waals surface area contributed by atoms with E-state index in [2.05, 4.69) is 19.8 Å². The van der Waals surface area contributed by atoms with Crippen LogP contribution >= 0.6 is 0 Å². The number of hydrogen-bond acceptors (Lipinski definition) is 7. The van der Waals surface area contributed by atoms with Gasteiger partial charge in [0.15, 0.2) is 0 Å². The molecule has 0 unspecified atom stereocenters. The molecule has 1 aromatic rings. The van der Waals surface area contributed by atoms with Crippen molar-refractivity contribution in [1.82, 2.24) is 19.8 Å². The molecule has 0 radical (unpaired) electrons. The predicted molar refractivity (Wildman–Crippen MR) is 104 cm³/mol. The van der Waals surface area contributed by atoms with Crippen molar-refractivity contribution in [1.29, 1.82) is 0 Å². The number of ether oxygens (including phenoxy) is 1. The van der Waals surface area contributed by atoms with Gasteiger partial charge in [-0.25, -0.2) is 19.6 Å². The van der Waals surface area contributed by atoms with Crippen LogP contribution in [0.4, 0.5) is 10.7 Å². The lowest BCUT2D eigenvalue weighted by Gasteiger charge is -2.42. The molecule has 2 aliphatic heterocycles. The molecule has 0 bridgehead atoms. The number of piperazine rings is 1. The fourth-order valence-electron chi connectivity index (χ4n) is 3.62. The van der Waals surface area contributed by atoms with Crippen LogP contribution in [0.2, 0.25) is 0 Å². The van der Waals surface area contributed by atoms with E-state index in [0.717, 1.165) is 52.1 Å². The summed E-state index contributed by atoms with van der Waals surface area (Å²) in [6.07, 6.45) is 4.37. The van der Waals surface area contributed by atoms with Crippen molar-refractivity contribution in [3.63, 3.8) is 0 Å². The molecule has 9 heteroatoms. The second-order valence-corrected chi connectivity index (χ2v) is 8.30. The summed E-state index contributed by atoms with van der Waals surface area (Å²) < 4.78 is 5.46. The topological polar surface area (TPSA) is 99.1 Å². The largest absolute Gasteiger partial charge is 0.478 e. The Morgan fingerprint density at radius 2 is 1.61 bits per heavy atom. The average molecular weight is 391 g/mol. The number of carboxylic acid groups (broad SMARTS) is 1. The van der Waals surface area contributed by atoms with Crippen molar-refractivity contribution in [3.05, 3.63) is 18.0 Å². The highest BCUT2D eigenvalue weighted by Gasteiger charge is 2.31. The van der Waals surface area contributed by atoms with Gasteiger partial charge in [0.2, 0.25) is 5.95 Å². The number of hydrogen-bond donors (Lipinski definition) is 1. The Hall–Kier alpha value is -2.42. The first-order valence-corrected chi connectivity index (χ1v) is 9.75. The van der Waals surface area contributed by atoms with Crippen LogP contribution in [0.15, 0.2) is 12.4 Å². The lowest BCUT2D eigenvalue weighted by molar-refractivity contribution is 0.0139. The summed E-state index contributed by atoms with van der Waals surface area (Å²) in [5.41, 5.74) is -0.367. The first-order chi connectivity index (χ1) is 13.2. The van der Waals surface area contributed by atoms with Gasteiger partial charge in [-0.3, -0.25) is 4.90 Å². The molecule has 1 N–H and O–H groups in total. The Kier molecular flexibility index (Phi) is 6.02. The summed E-state index contributed by atoms with van der Waals surface area (Å²) in [6, 6.07) is 0.469. The third-order valence-corrected chi connectivity index (χ3v) is 5.11. The third kappa shape index (κ3) is 5.09. The van der Waals surface area contributed by atoms with Gasteiger partial charge in [0, 0.05) is 57.7 Å². The van der Waals surface area contributed by atoms with Crippen molar-refractivity contribution >= 4 is 18.0 Å². The maximum Gasteiger partial charge on any atom is 0.410 e. The zero-order valence-electron chi connectivity index (χ0n) is 16.8. The molecule has 0 aliphatic carbocycles. The Bertz CT molecular complexity index is 687. The zero-order chi connectivity index (χ0) is 20.3. The fourth-order valence-corrected chi connectivity index (χ4v) is 3.62. The van der Waals surface area contributed by atoms with Crippen LogP contribution in [0.1, 0.15) is 44.0 Å². The van der Waals surface area contributed by atoms with E-state index in [0.29, 0.717) is 12.0 Å². The van der Waals surface area contributed by atoms with Gasteiger partial charge in [-0.05, 0) is 33.6 Å². The standard InChI is InChI=1S/C19H29N5O4/c1-19(2,3)28-18(27)24-6-4-15(5-7-24)22-8-10-23(11-9-22)17-20-12-14(13-21-17)16(25)26/h12-13,15H,4-11H2,1-3H3,(H,25,26). The minimum atomic E-state index is -1.02. The second-order valence-electron chi connectivity index (χ2n) is 8.30. The monoisotopic (exact) mass is 391 g/mol. The smallest absolute Gasteiger partial charge is 0.410 e. The van der Waals surface area contributed by atoms with Crippen LogP contribution in [-0.2, 0) is 4.74 Å². The van der Waals surface area contributed by atoms with Gasteiger partial charge in [-0.1, -0.05) is 0 Å². The highest BCUT2D eigenvalue weighted by atomic mass is 16.6. The van der Waals surface area contributed by atoms with Gasteiger partial charge in [0.1, 0.15) is 5.60 Å². The molecule has 9 nitrogen and oxygen atoms in total. The van der Waals surface area contributed by atoms with E-state index in [1.807, 2.05) is 20.8 Å². The van der Waals surface area contributed by atoms with E-state index in [1.54, 1.807) is 4.90 Å². The number of nitrogens with zero attached hydrogens (tertiary/aromatic N) is 5. The number of anilines is 1. The number of aromatic nitrogens is 2. The normalized spacial score (nSPS) is 19.5. The third-order valence-electron chi connectivity index (χ3n) is 5.11. The first kappa shape index (κ1) is 20.3. The van der Waals surface area contributed by atoms with E-state index in [4.69, 9.17) is 9.84 Å². The number of carboxylic acids is 1. The summed E-state index contributed by atoms with van der Waals surface area (Å²) in [7, 11) is 0. The van der Waals surface area contributed by atoms with Crippen LogP contribution in [-0.4, -0.2) is 87.8 Å². The van der Waals surface area contributed by atoms with Crippen molar-refractivity contribution in [2.45, 2.75) is 45.3 Å². The molecular formula is C19H29N5O4. The summed E-state index contributed by atoms with van der Waals surface area (Å²) >= 11 is 0. The van der Waals surface area contributed by atoms with Crippen molar-refractivity contribution < 1.29 is 19.4 Å². The molecule has 3 heterocycles. The number of carbonyl (C=O) groups is 2. The van der Waals surface area contributed by atoms with Crippen LogP contribution in [0, 0.1) is 0 Å². The lowest BCUT2D eigenvalue weighted by atomic mass is 10.0. The molecule has 2 aliphatic rings. The van der Waals surface area contributed by atoms with E-state index < -0.39 is 11.6 Å². The van der Waals surface area contributed by atoms with Crippen molar-refractivity contribution in [3.8, 4) is 0 Å². The second kappa shape index (κ2) is 8.30. The molecule has 1 amide bonds. The number of aromatic carboxylic acids is 1. The zero-order valence-corrected chi connectivity index (χ0v) is 16.8. The van der Waals surface area contributed by atoms with E-state index in [-0.39, 0.29) is 11.7 Å². The SMILES string of the molecule is CC(C)(C)OC(=O)N1CCC(N2CCN(c3ncc(C(=O)O)cn3)CC2)CC1. The maximum absolute atomic E-state index is 12.2. The maximum atomic E-state index is 12.2. The Morgan fingerprint density at radius 1 is 1.04 bits per heavy atom. The molecule has 28 heavy (non-hydrogen) atoms. The van der Waals surface area contributed by atoms with Crippen LogP contribution in [0.5, 0.6) is 0 Å². The lowest BCUT2D eigenvalue weighted by Crippen LogP contribution is -2.54. The molecule has 2 saturated heterocycles. The van der Waals surface area contributed by atoms with Gasteiger partial charge in [-0.15, -0.1) is 0 Å². The molecule has 0 aromatic carbocycles. The van der Waals surface area contributed by atoms with Gasteiger partial charge >= 0.3 is 12.1 Å². The van der Waals surface area contributed by atoms with Crippen LogP contribution in [0.3, 0.4) is 0 Å². The van der Waals surface area contributed by atoms with E-state index in [9.17, 15) is 9.59 Å². The summed E-state index contributed by atoms with van der Waals surface area (Å²) in [5.74, 6) is -0.446. The minimum absolute atomic E-state index is 0.0964. The molecule has 0 atom stereocenters. The van der Waals surface area contributed by atoms with Crippen LogP contribution in [0.25, 0.3) is 0 Å². The predicted octanol–water partition coefficient (Wildman–Crippen LogP) is 1.70.